The number of benzene rings is 1. The Morgan fingerprint density at radius 3 is 2.42 bits per heavy atom. The third-order valence-electron chi connectivity index (χ3n) is 18.9. The maximum absolute atomic E-state index is 14.4. The van der Waals surface area contributed by atoms with E-state index >= 15 is 0 Å². The average molecular weight is 1170 g/mol. The SMILES string of the molecule is COc1cc2cc(c1Cl)N(C)C(=O)C[C@H](OC(=O)[C@H](C)N(C)C(=O)CCSCC1CC(=O)N(CC3CCC(C(=O)NC4CCC5CCCCCC(CC5)C4)CC3)C1=O)[C@]1(C)O[C@H]1[C@H](C)[C@@H]1C[C@@](O)(NC(=O)O1)[C@H](OC)/C=C/C=C(\C)C2. The number of likely N-dealkylation sites (N-methyl/N-ethyl adjacent to an activating group) is 1. The number of allylic oxidation sites excluding steroid dienone is 3. The number of halogens is 1. The van der Waals surface area contributed by atoms with Gasteiger partial charge in [-0.25, -0.2) is 9.59 Å². The van der Waals surface area contributed by atoms with Gasteiger partial charge in [0.1, 0.15) is 40.7 Å². The van der Waals surface area contributed by atoms with Crippen molar-refractivity contribution < 1.29 is 62.4 Å². The van der Waals surface area contributed by atoms with Gasteiger partial charge in [-0.05, 0) is 108 Å². The number of rotatable bonds is 14. The normalized spacial score (nSPS) is 34.5. The minimum Gasteiger partial charge on any atom is -0.495 e. The van der Waals surface area contributed by atoms with Crippen LogP contribution in [0.5, 0.6) is 5.75 Å². The Morgan fingerprint density at radius 2 is 1.69 bits per heavy atom. The predicted molar refractivity (Wildman–Crippen MR) is 308 cm³/mol. The molecule has 3 N–H and O–H groups in total. The number of hydrogen-bond acceptors (Lipinski definition) is 14. The first-order chi connectivity index (χ1) is 38.6. The van der Waals surface area contributed by atoms with Crippen LogP contribution in [0, 0.1) is 35.5 Å². The number of thioether (sulfide) groups is 1. The lowest BCUT2D eigenvalue weighted by Gasteiger charge is -2.42. The molecule has 4 heterocycles. The van der Waals surface area contributed by atoms with Crippen LogP contribution in [0.15, 0.2) is 35.9 Å². The van der Waals surface area contributed by atoms with Gasteiger partial charge in [0.15, 0.2) is 5.72 Å². The van der Waals surface area contributed by atoms with Crippen molar-refractivity contribution in [1.29, 1.82) is 0 Å². The summed E-state index contributed by atoms with van der Waals surface area (Å²) < 4.78 is 29.6. The van der Waals surface area contributed by atoms with Crippen molar-refractivity contribution >= 4 is 70.6 Å². The molecule has 18 nitrogen and oxygen atoms in total. The summed E-state index contributed by atoms with van der Waals surface area (Å²) in [4.78, 5) is 99.9. The topological polar surface area (TPSA) is 223 Å². The fourth-order valence-electron chi connectivity index (χ4n) is 13.5. The highest BCUT2D eigenvalue weighted by molar-refractivity contribution is 7.99. The molecule has 3 aliphatic carbocycles. The quantitative estimate of drug-likeness (QED) is 0.0688. The molecule has 448 valence electrons. The van der Waals surface area contributed by atoms with E-state index in [-0.39, 0.29) is 72.2 Å². The van der Waals surface area contributed by atoms with Crippen molar-refractivity contribution in [1.82, 2.24) is 20.4 Å². The first-order valence-corrected chi connectivity index (χ1v) is 31.2. The predicted octanol–water partition coefficient (Wildman–Crippen LogP) is 8.46. The Morgan fingerprint density at radius 1 is 0.975 bits per heavy atom. The second kappa shape index (κ2) is 27.3. The molecule has 0 radical (unpaired) electrons. The lowest BCUT2D eigenvalue weighted by Crippen LogP contribution is -2.63. The smallest absolute Gasteiger partial charge is 0.409 e. The third kappa shape index (κ3) is 15.2. The van der Waals surface area contributed by atoms with Gasteiger partial charge in [-0.3, -0.25) is 34.2 Å². The Labute approximate surface area is 487 Å². The Hall–Kier alpha value is -4.69. The molecule has 0 spiro atoms. The number of hydrogen-bond donors (Lipinski definition) is 3. The number of fused-ring (bicyclic) bond motifs is 8. The number of alkyl carbamates (subject to hydrolysis) is 1. The number of nitrogens with zero attached hydrogens (tertiary/aromatic N) is 3. The Bertz CT molecular complexity index is 2540. The number of anilines is 1. The molecule has 12 atom stereocenters. The summed E-state index contributed by atoms with van der Waals surface area (Å²) in [5.41, 5.74) is -1.10. The van der Waals surface area contributed by atoms with Gasteiger partial charge in [-0.1, -0.05) is 87.3 Å². The zero-order valence-electron chi connectivity index (χ0n) is 48.8. The van der Waals surface area contributed by atoms with Crippen LogP contribution >= 0.6 is 23.4 Å². The molecule has 0 aromatic heterocycles. The van der Waals surface area contributed by atoms with Gasteiger partial charge in [0.25, 0.3) is 0 Å². The summed E-state index contributed by atoms with van der Waals surface area (Å²) in [6.07, 6.45) is 16.4. The van der Waals surface area contributed by atoms with Gasteiger partial charge in [-0.15, -0.1) is 0 Å². The highest BCUT2D eigenvalue weighted by atomic mass is 35.5. The number of carbonyl (C=O) groups is 7. The van der Waals surface area contributed by atoms with Crippen LogP contribution in [0.4, 0.5) is 10.5 Å². The van der Waals surface area contributed by atoms with Crippen molar-refractivity contribution in [2.45, 2.75) is 198 Å². The zero-order chi connectivity index (χ0) is 58.3. The average Bonchev–Trinajstić information content (AvgIpc) is 2.89. The molecule has 3 saturated carbocycles. The van der Waals surface area contributed by atoms with Gasteiger partial charge in [0.2, 0.25) is 29.5 Å². The van der Waals surface area contributed by atoms with Crippen molar-refractivity contribution in [3.63, 3.8) is 0 Å². The number of epoxide rings is 1. The summed E-state index contributed by atoms with van der Waals surface area (Å²) in [5.74, 6) is -0.200. The Balaban J connectivity index is 0.843. The molecule has 4 aliphatic heterocycles. The zero-order valence-corrected chi connectivity index (χ0v) is 50.4. The molecule has 6 bridgehead atoms. The summed E-state index contributed by atoms with van der Waals surface area (Å²) in [6.45, 7) is 7.32. The summed E-state index contributed by atoms with van der Waals surface area (Å²) in [7, 11) is 5.97. The van der Waals surface area contributed by atoms with E-state index in [1.54, 1.807) is 45.2 Å². The molecule has 4 unspecified atom stereocenters. The van der Waals surface area contributed by atoms with Gasteiger partial charge in [0.05, 0.1) is 31.2 Å². The van der Waals surface area contributed by atoms with E-state index < -0.39 is 71.6 Å². The maximum Gasteiger partial charge on any atom is 0.409 e. The number of imide groups is 1. The van der Waals surface area contributed by atoms with Gasteiger partial charge >= 0.3 is 12.1 Å². The van der Waals surface area contributed by atoms with E-state index in [1.807, 2.05) is 13.0 Å². The molecule has 1 aromatic rings. The molecule has 6 fully saturated rings. The van der Waals surface area contributed by atoms with Gasteiger partial charge in [-0.2, -0.15) is 11.8 Å². The fraction of sp³-hybridized carbons (Fsp3) is 0.721. The first kappa shape index (κ1) is 62.4. The monoisotopic (exact) mass is 1170 g/mol. The van der Waals surface area contributed by atoms with Crippen molar-refractivity contribution in [3.05, 3.63) is 46.5 Å². The molecule has 7 aliphatic rings. The first-order valence-electron chi connectivity index (χ1n) is 29.7. The van der Waals surface area contributed by atoms with Crippen LogP contribution in [0.2, 0.25) is 5.02 Å². The minimum absolute atomic E-state index is 0.0338. The van der Waals surface area contributed by atoms with Crippen molar-refractivity contribution in [2.24, 2.45) is 35.5 Å². The van der Waals surface area contributed by atoms with Crippen LogP contribution in [-0.2, 0) is 54.1 Å². The maximum atomic E-state index is 14.4. The number of esters is 1. The van der Waals surface area contributed by atoms with Crippen LogP contribution in [0.3, 0.4) is 0 Å². The molecular formula is C61H88ClN5O13S. The van der Waals surface area contributed by atoms with Gasteiger partial charge in [0, 0.05) is 76.4 Å². The number of likely N-dealkylation sites (tertiary alicyclic amines) is 1. The van der Waals surface area contributed by atoms with E-state index in [0.717, 1.165) is 55.6 Å². The van der Waals surface area contributed by atoms with Crippen LogP contribution in [0.1, 0.15) is 149 Å². The third-order valence-corrected chi connectivity index (χ3v) is 20.4. The van der Waals surface area contributed by atoms with Crippen LogP contribution in [0.25, 0.3) is 0 Å². The number of aliphatic hydroxyl groups is 1. The van der Waals surface area contributed by atoms with Crippen LogP contribution in [-0.4, -0.2) is 151 Å². The number of amides is 6. The van der Waals surface area contributed by atoms with Gasteiger partial charge < -0.3 is 43.9 Å². The summed E-state index contributed by atoms with van der Waals surface area (Å²) in [5, 5.41) is 18.1. The molecule has 6 amide bonds. The van der Waals surface area contributed by atoms with E-state index in [0.29, 0.717) is 41.8 Å². The number of carbonyl (C=O) groups excluding carboxylic acids is 7. The standard InChI is InChI=1S/C61H88ClN5O13S/c1-36-13-12-16-49(77-8)61(75)33-48(78-59(74)64-61)37(2)55-60(4,80-55)50(32-52(69)66(6)46-29-42(27-36)30-47(76-7)54(46)62)79-58(73)38(3)65(5)51(68)25-26-81-35-44-31-53(70)67(57(44)72)34-41-19-22-43(23-20-41)56(71)63-45-24-21-39-14-10-9-11-15-40(28-45)18-17-39/h12-13,16,29-30,37-41,43-45,48-50,55,75H,9-11,14-15,17-28,31-35H2,1-8H3,(H,63,71)(H,64,74)/b16-12+,36-13+/t37-,38+,39?,40?,41?,43?,44?,45?,48+,49-,50+,55+,60+,61+/m1/s1. The Kier molecular flexibility index (Phi) is 21.1. The summed E-state index contributed by atoms with van der Waals surface area (Å²) >= 11 is 8.26. The lowest BCUT2D eigenvalue weighted by atomic mass is 9.79. The molecule has 20 heteroatoms. The largest absolute Gasteiger partial charge is 0.495 e. The van der Waals surface area contributed by atoms with E-state index in [1.165, 1.54) is 106 Å². The molecule has 3 saturated heterocycles. The second-order valence-electron chi connectivity index (χ2n) is 24.7. The number of nitrogens with one attached hydrogen (secondary N) is 2. The highest BCUT2D eigenvalue weighted by Crippen LogP contribution is 2.49. The molecule has 8 rings (SSSR count). The molecule has 81 heavy (non-hydrogen) atoms. The lowest BCUT2D eigenvalue weighted by molar-refractivity contribution is -0.162. The minimum atomic E-state index is -1.87. The van der Waals surface area contributed by atoms with E-state index in [2.05, 4.69) is 10.6 Å². The van der Waals surface area contributed by atoms with E-state index in [4.69, 9.17) is 35.3 Å². The molecular weight excluding hydrogens is 1080 g/mol. The number of ether oxygens (including phenoxy) is 5. The second-order valence-corrected chi connectivity index (χ2v) is 26.2. The summed E-state index contributed by atoms with van der Waals surface area (Å²) in [6, 6.07) is 2.73. The van der Waals surface area contributed by atoms with Crippen molar-refractivity contribution in [3.8, 4) is 5.75 Å². The van der Waals surface area contributed by atoms with E-state index in [9.17, 15) is 38.7 Å². The number of methoxy groups -OCH3 is 2. The van der Waals surface area contributed by atoms with Crippen LogP contribution < -0.4 is 20.3 Å². The van der Waals surface area contributed by atoms with Crippen molar-refractivity contribution in [2.75, 3.05) is 51.3 Å². The highest BCUT2D eigenvalue weighted by Gasteiger charge is 2.64. The fourth-order valence-corrected chi connectivity index (χ4v) is 14.8. The molecule has 1 aromatic carbocycles.